The van der Waals surface area contributed by atoms with Crippen LogP contribution in [-0.2, 0) is 0 Å². The molecule has 1 unspecified atom stereocenters. The van der Waals surface area contributed by atoms with E-state index >= 15 is 0 Å². The zero-order valence-electron chi connectivity index (χ0n) is 12.8. The van der Waals surface area contributed by atoms with Crippen LogP contribution >= 0.6 is 11.3 Å². The molecular formula is C17H22N2OS. The van der Waals surface area contributed by atoms with Crippen LogP contribution in [0.4, 0.5) is 0 Å². The molecule has 21 heavy (non-hydrogen) atoms. The summed E-state index contributed by atoms with van der Waals surface area (Å²) in [5, 5.41) is 7.03. The zero-order valence-corrected chi connectivity index (χ0v) is 13.6. The highest BCUT2D eigenvalue weighted by Gasteiger charge is 2.29. The van der Waals surface area contributed by atoms with E-state index in [4.69, 9.17) is 9.72 Å². The molecule has 1 aromatic heterocycles. The van der Waals surface area contributed by atoms with Gasteiger partial charge in [-0.25, -0.2) is 4.98 Å². The van der Waals surface area contributed by atoms with Crippen molar-refractivity contribution in [3.63, 3.8) is 0 Å². The van der Waals surface area contributed by atoms with E-state index in [1.807, 2.05) is 12.1 Å². The minimum absolute atomic E-state index is 0.131. The fraction of sp³-hybridized carbons (Fsp3) is 0.471. The number of rotatable bonds is 6. The summed E-state index contributed by atoms with van der Waals surface area (Å²) in [4.78, 5) is 4.84. The first-order chi connectivity index (χ1) is 10.2. The van der Waals surface area contributed by atoms with Gasteiger partial charge in [0.15, 0.2) is 0 Å². The molecule has 1 N–H and O–H groups in total. The molecule has 1 saturated carbocycles. The summed E-state index contributed by atoms with van der Waals surface area (Å²) in [7, 11) is 1.73. The van der Waals surface area contributed by atoms with Crippen molar-refractivity contribution in [2.45, 2.75) is 44.7 Å². The molecule has 1 aliphatic carbocycles. The van der Waals surface area contributed by atoms with Crippen molar-refractivity contribution in [2.24, 2.45) is 0 Å². The van der Waals surface area contributed by atoms with Crippen LogP contribution in [0.1, 0.15) is 54.9 Å². The van der Waals surface area contributed by atoms with Crippen molar-refractivity contribution in [1.82, 2.24) is 10.3 Å². The van der Waals surface area contributed by atoms with E-state index in [1.54, 1.807) is 18.4 Å². The van der Waals surface area contributed by atoms with Crippen LogP contribution in [0, 0.1) is 0 Å². The van der Waals surface area contributed by atoms with Gasteiger partial charge in [-0.2, -0.15) is 0 Å². The van der Waals surface area contributed by atoms with Gasteiger partial charge in [0.2, 0.25) is 0 Å². The Morgan fingerprint density at radius 2 is 2.05 bits per heavy atom. The molecule has 0 amide bonds. The summed E-state index contributed by atoms with van der Waals surface area (Å²) < 4.78 is 5.54. The molecule has 0 saturated heterocycles. The number of ether oxygens (including phenoxy) is 1. The molecule has 0 radical (unpaired) electrons. The quantitative estimate of drug-likeness (QED) is 0.871. The highest BCUT2D eigenvalue weighted by atomic mass is 32.1. The molecule has 3 rings (SSSR count). The Bertz CT molecular complexity index is 604. The van der Waals surface area contributed by atoms with Gasteiger partial charge in [-0.15, -0.1) is 11.3 Å². The van der Waals surface area contributed by atoms with E-state index in [0.717, 1.165) is 10.8 Å². The minimum Gasteiger partial charge on any atom is -0.496 e. The third kappa shape index (κ3) is 3.27. The topological polar surface area (TPSA) is 34.1 Å². The predicted octanol–water partition coefficient (Wildman–Crippen LogP) is 4.12. The highest BCUT2D eigenvalue weighted by Crippen LogP contribution is 2.35. The highest BCUT2D eigenvalue weighted by molar-refractivity contribution is 7.09. The molecular weight excluding hydrogens is 280 g/mol. The standard InChI is InChI=1S/C17H22N2OS/c1-11(2)14-10-21-17(19-14)16(18-12-8-9-12)13-6-4-5-7-15(13)20-3/h4-7,10-12,16,18H,8-9H2,1-3H3. The maximum Gasteiger partial charge on any atom is 0.124 e. The summed E-state index contributed by atoms with van der Waals surface area (Å²) in [6.45, 7) is 4.37. The van der Waals surface area contributed by atoms with Crippen LogP contribution in [0.15, 0.2) is 29.6 Å². The first-order valence-electron chi connectivity index (χ1n) is 7.53. The lowest BCUT2D eigenvalue weighted by atomic mass is 10.1. The Morgan fingerprint density at radius 1 is 1.29 bits per heavy atom. The first-order valence-corrected chi connectivity index (χ1v) is 8.41. The Labute approximate surface area is 130 Å². The van der Waals surface area contributed by atoms with Crippen molar-refractivity contribution in [3.8, 4) is 5.75 Å². The number of nitrogens with one attached hydrogen (secondary N) is 1. The average Bonchev–Trinajstić information content (AvgIpc) is 3.18. The van der Waals surface area contributed by atoms with Gasteiger partial charge in [0.25, 0.3) is 0 Å². The molecule has 0 bridgehead atoms. The van der Waals surface area contributed by atoms with Crippen molar-refractivity contribution >= 4 is 11.3 Å². The van der Waals surface area contributed by atoms with Crippen LogP contribution in [0.3, 0.4) is 0 Å². The van der Waals surface area contributed by atoms with Crippen molar-refractivity contribution in [2.75, 3.05) is 7.11 Å². The maximum absolute atomic E-state index is 5.54. The van der Waals surface area contributed by atoms with E-state index in [9.17, 15) is 0 Å². The van der Waals surface area contributed by atoms with Gasteiger partial charge in [-0.05, 0) is 24.8 Å². The monoisotopic (exact) mass is 302 g/mol. The van der Waals surface area contributed by atoms with Crippen LogP contribution in [0.2, 0.25) is 0 Å². The number of thiazole rings is 1. The lowest BCUT2D eigenvalue weighted by molar-refractivity contribution is 0.403. The summed E-state index contributed by atoms with van der Waals surface area (Å²) in [6.07, 6.45) is 2.52. The van der Waals surface area contributed by atoms with Gasteiger partial charge in [0, 0.05) is 17.0 Å². The molecule has 0 spiro atoms. The predicted molar refractivity (Wildman–Crippen MR) is 87.2 cm³/mol. The fourth-order valence-electron chi connectivity index (χ4n) is 2.38. The van der Waals surface area contributed by atoms with Gasteiger partial charge in [0.05, 0.1) is 18.8 Å². The average molecular weight is 302 g/mol. The molecule has 1 aliphatic rings. The number of benzene rings is 1. The van der Waals surface area contributed by atoms with E-state index < -0.39 is 0 Å². The van der Waals surface area contributed by atoms with Gasteiger partial charge in [-0.3, -0.25) is 0 Å². The zero-order chi connectivity index (χ0) is 14.8. The number of nitrogens with zero attached hydrogens (tertiary/aromatic N) is 1. The summed E-state index contributed by atoms with van der Waals surface area (Å²) in [6, 6.07) is 8.98. The SMILES string of the molecule is COc1ccccc1C(NC1CC1)c1nc(C(C)C)cs1. The van der Waals surface area contributed by atoms with Crippen molar-refractivity contribution in [3.05, 3.63) is 45.9 Å². The molecule has 1 fully saturated rings. The largest absolute Gasteiger partial charge is 0.496 e. The Morgan fingerprint density at radius 3 is 2.67 bits per heavy atom. The fourth-order valence-corrected chi connectivity index (χ4v) is 3.44. The second-order valence-electron chi connectivity index (χ2n) is 5.88. The molecule has 2 aromatic rings. The third-order valence-electron chi connectivity index (χ3n) is 3.81. The van der Waals surface area contributed by atoms with Crippen LogP contribution in [-0.4, -0.2) is 18.1 Å². The number of hydrogen-bond donors (Lipinski definition) is 1. The molecule has 0 aliphatic heterocycles. The smallest absolute Gasteiger partial charge is 0.124 e. The second kappa shape index (κ2) is 6.16. The lowest BCUT2D eigenvalue weighted by Gasteiger charge is -2.19. The first kappa shape index (κ1) is 14.5. The summed E-state index contributed by atoms with van der Waals surface area (Å²) >= 11 is 1.74. The molecule has 1 atom stereocenters. The number of methoxy groups -OCH3 is 1. The summed E-state index contributed by atoms with van der Waals surface area (Å²) in [5.41, 5.74) is 2.35. The van der Waals surface area contributed by atoms with Crippen molar-refractivity contribution in [1.29, 1.82) is 0 Å². The minimum atomic E-state index is 0.131. The molecule has 1 aromatic carbocycles. The Hall–Kier alpha value is -1.39. The Kier molecular flexibility index (Phi) is 4.27. The molecule has 112 valence electrons. The number of hydrogen-bond acceptors (Lipinski definition) is 4. The second-order valence-corrected chi connectivity index (χ2v) is 6.77. The van der Waals surface area contributed by atoms with E-state index in [1.165, 1.54) is 24.1 Å². The third-order valence-corrected chi connectivity index (χ3v) is 4.74. The summed E-state index contributed by atoms with van der Waals surface area (Å²) in [5.74, 6) is 1.39. The van der Waals surface area contributed by atoms with Gasteiger partial charge in [0.1, 0.15) is 10.8 Å². The van der Waals surface area contributed by atoms with Gasteiger partial charge in [-0.1, -0.05) is 32.0 Å². The lowest BCUT2D eigenvalue weighted by Crippen LogP contribution is -2.24. The molecule has 1 heterocycles. The van der Waals surface area contributed by atoms with Crippen LogP contribution in [0.5, 0.6) is 5.75 Å². The van der Waals surface area contributed by atoms with Gasteiger partial charge < -0.3 is 10.1 Å². The van der Waals surface area contributed by atoms with Gasteiger partial charge >= 0.3 is 0 Å². The molecule has 4 heteroatoms. The van der Waals surface area contributed by atoms with E-state index in [2.05, 4.69) is 36.7 Å². The van der Waals surface area contributed by atoms with Crippen LogP contribution in [0.25, 0.3) is 0 Å². The number of aromatic nitrogens is 1. The Balaban J connectivity index is 1.96. The number of para-hydroxylation sites is 1. The van der Waals surface area contributed by atoms with E-state index in [0.29, 0.717) is 12.0 Å². The maximum atomic E-state index is 5.54. The van der Waals surface area contributed by atoms with E-state index in [-0.39, 0.29) is 6.04 Å². The van der Waals surface area contributed by atoms with Crippen molar-refractivity contribution < 1.29 is 4.74 Å². The van der Waals surface area contributed by atoms with Crippen LogP contribution < -0.4 is 10.1 Å². The normalized spacial score (nSPS) is 16.2. The molecule has 3 nitrogen and oxygen atoms in total.